The van der Waals surface area contributed by atoms with E-state index in [1.54, 1.807) is 0 Å². The van der Waals surface area contributed by atoms with E-state index < -0.39 is 39.3 Å². The first-order chi connectivity index (χ1) is 9.80. The number of carbonyl (C=O) groups is 1. The van der Waals surface area contributed by atoms with Crippen molar-refractivity contribution in [2.75, 3.05) is 5.33 Å². The molecule has 0 spiro atoms. The first-order valence-corrected chi connectivity index (χ1v) is 7.44. The van der Waals surface area contributed by atoms with Crippen LogP contribution >= 0.6 is 15.9 Å². The maximum absolute atomic E-state index is 14.0. The fourth-order valence-corrected chi connectivity index (χ4v) is 2.76. The summed E-state index contributed by atoms with van der Waals surface area (Å²) in [6.45, 7) is 3.69. The van der Waals surface area contributed by atoms with Gasteiger partial charge in [-0.05, 0) is 18.9 Å². The minimum absolute atomic E-state index is 0.428. The number of hydrogen-bond acceptors (Lipinski definition) is 3. The first-order valence-electron chi connectivity index (χ1n) is 6.32. The molecule has 8 heteroatoms. The van der Waals surface area contributed by atoms with E-state index in [0.717, 1.165) is 0 Å². The summed E-state index contributed by atoms with van der Waals surface area (Å²) in [5.74, 6) is -3.25. The molecule has 0 aromatic heterocycles. The van der Waals surface area contributed by atoms with Crippen LogP contribution in [0.15, 0.2) is 12.1 Å². The zero-order chi connectivity index (χ0) is 16.2. The average molecular weight is 365 g/mol. The van der Waals surface area contributed by atoms with Crippen molar-refractivity contribution in [3.63, 3.8) is 0 Å². The number of nitrogens with zero attached hydrogens (tertiary/aromatic N) is 1. The SMILES string of the molecule is CCC(CC)(CBr)NC(=O)c1cc(F)cc([N+](=O)[O-])c1F. The van der Waals surface area contributed by atoms with Gasteiger partial charge < -0.3 is 5.32 Å². The average Bonchev–Trinajstić information content (AvgIpc) is 2.46. The minimum atomic E-state index is -1.34. The molecular weight excluding hydrogens is 350 g/mol. The van der Waals surface area contributed by atoms with Crippen LogP contribution < -0.4 is 5.32 Å². The number of halogens is 3. The van der Waals surface area contributed by atoms with Crippen LogP contribution in [0.25, 0.3) is 0 Å². The normalized spacial score (nSPS) is 11.3. The second-order valence-electron chi connectivity index (χ2n) is 4.62. The molecule has 5 nitrogen and oxygen atoms in total. The number of carbonyl (C=O) groups excluding carboxylic acids is 1. The molecule has 1 aromatic rings. The Labute approximate surface area is 129 Å². The summed E-state index contributed by atoms with van der Waals surface area (Å²) in [6, 6.07) is 1.10. The quantitative estimate of drug-likeness (QED) is 0.476. The van der Waals surface area contributed by atoms with Crippen molar-refractivity contribution in [1.82, 2.24) is 5.32 Å². The summed E-state index contributed by atoms with van der Waals surface area (Å²) < 4.78 is 27.3. The van der Waals surface area contributed by atoms with Crippen molar-refractivity contribution in [3.05, 3.63) is 39.4 Å². The van der Waals surface area contributed by atoms with E-state index in [4.69, 9.17) is 0 Å². The lowest BCUT2D eigenvalue weighted by Gasteiger charge is -2.30. The van der Waals surface area contributed by atoms with Crippen LogP contribution in [0.5, 0.6) is 0 Å². The zero-order valence-corrected chi connectivity index (χ0v) is 13.2. The summed E-state index contributed by atoms with van der Waals surface area (Å²) in [5.41, 5.74) is -2.35. The number of hydrogen-bond donors (Lipinski definition) is 1. The molecule has 0 fully saturated rings. The van der Waals surface area contributed by atoms with Crippen LogP contribution in [0.2, 0.25) is 0 Å². The Kier molecular flexibility index (Phi) is 5.77. The van der Waals surface area contributed by atoms with Gasteiger partial charge in [0.2, 0.25) is 5.82 Å². The number of nitro benzene ring substituents is 1. The predicted molar refractivity (Wildman–Crippen MR) is 77.6 cm³/mol. The molecule has 0 atom stereocenters. The maximum Gasteiger partial charge on any atom is 0.308 e. The third kappa shape index (κ3) is 3.75. The van der Waals surface area contributed by atoms with Crippen molar-refractivity contribution in [2.24, 2.45) is 0 Å². The lowest BCUT2D eigenvalue weighted by atomic mass is 9.95. The standard InChI is InChI=1S/C13H15BrF2N2O3/c1-3-13(4-2,7-14)17-12(19)9-5-8(15)6-10(11(9)16)18(20)21/h5-6H,3-4,7H2,1-2H3,(H,17,19). The van der Waals surface area contributed by atoms with Gasteiger partial charge in [0.1, 0.15) is 5.82 Å². The second-order valence-corrected chi connectivity index (χ2v) is 5.18. The van der Waals surface area contributed by atoms with E-state index in [2.05, 4.69) is 21.2 Å². The zero-order valence-electron chi connectivity index (χ0n) is 11.6. The van der Waals surface area contributed by atoms with Crippen LogP contribution in [-0.2, 0) is 0 Å². The van der Waals surface area contributed by atoms with Gasteiger partial charge in [-0.15, -0.1) is 0 Å². The molecule has 0 bridgehead atoms. The molecule has 116 valence electrons. The molecule has 0 aliphatic carbocycles. The Balaban J connectivity index is 3.22. The number of nitro groups is 1. The number of rotatable bonds is 6. The molecule has 1 aromatic carbocycles. The molecule has 0 unspecified atom stereocenters. The summed E-state index contributed by atoms with van der Waals surface area (Å²) in [4.78, 5) is 21.7. The van der Waals surface area contributed by atoms with Gasteiger partial charge >= 0.3 is 5.69 Å². The fraction of sp³-hybridized carbons (Fsp3) is 0.462. The molecule has 1 amide bonds. The van der Waals surface area contributed by atoms with Crippen LogP contribution in [0.3, 0.4) is 0 Å². The number of alkyl halides is 1. The third-order valence-electron chi connectivity index (χ3n) is 3.45. The summed E-state index contributed by atoms with van der Waals surface area (Å²) in [7, 11) is 0. The molecule has 21 heavy (non-hydrogen) atoms. The monoisotopic (exact) mass is 364 g/mol. The van der Waals surface area contributed by atoms with Gasteiger partial charge in [-0.25, -0.2) is 4.39 Å². The van der Waals surface area contributed by atoms with Crippen molar-refractivity contribution in [3.8, 4) is 0 Å². The highest BCUT2D eigenvalue weighted by molar-refractivity contribution is 9.09. The lowest BCUT2D eigenvalue weighted by Crippen LogP contribution is -2.49. The van der Waals surface area contributed by atoms with Crippen LogP contribution in [0.4, 0.5) is 14.5 Å². The van der Waals surface area contributed by atoms with Gasteiger partial charge in [0.25, 0.3) is 5.91 Å². The summed E-state index contributed by atoms with van der Waals surface area (Å²) >= 11 is 3.27. The first kappa shape index (κ1) is 17.5. The second kappa shape index (κ2) is 6.93. The van der Waals surface area contributed by atoms with Crippen LogP contribution in [0.1, 0.15) is 37.0 Å². The van der Waals surface area contributed by atoms with E-state index in [0.29, 0.717) is 30.3 Å². The van der Waals surface area contributed by atoms with Crippen molar-refractivity contribution in [1.29, 1.82) is 0 Å². The number of benzene rings is 1. The highest BCUT2D eigenvalue weighted by Gasteiger charge is 2.30. The minimum Gasteiger partial charge on any atom is -0.346 e. The maximum atomic E-state index is 14.0. The largest absolute Gasteiger partial charge is 0.346 e. The topological polar surface area (TPSA) is 72.2 Å². The van der Waals surface area contributed by atoms with Gasteiger partial charge in [-0.2, -0.15) is 4.39 Å². The van der Waals surface area contributed by atoms with Crippen LogP contribution in [-0.4, -0.2) is 21.7 Å². The molecule has 0 saturated carbocycles. The summed E-state index contributed by atoms with van der Waals surface area (Å²) in [5, 5.41) is 13.7. The van der Waals surface area contributed by atoms with E-state index in [1.165, 1.54) is 0 Å². The molecule has 0 radical (unpaired) electrons. The van der Waals surface area contributed by atoms with Gasteiger partial charge in [-0.3, -0.25) is 14.9 Å². The smallest absolute Gasteiger partial charge is 0.308 e. The van der Waals surface area contributed by atoms with Crippen molar-refractivity contribution in [2.45, 2.75) is 32.2 Å². The fourth-order valence-electron chi connectivity index (χ4n) is 1.83. The number of nitrogens with one attached hydrogen (secondary N) is 1. The highest BCUT2D eigenvalue weighted by atomic mass is 79.9. The Morgan fingerprint density at radius 3 is 2.38 bits per heavy atom. The van der Waals surface area contributed by atoms with Crippen molar-refractivity contribution >= 4 is 27.5 Å². The van der Waals surface area contributed by atoms with Gasteiger partial charge in [-0.1, -0.05) is 29.8 Å². The predicted octanol–water partition coefficient (Wildman–Crippen LogP) is 3.56. The number of amides is 1. The Morgan fingerprint density at radius 2 is 1.95 bits per heavy atom. The van der Waals surface area contributed by atoms with Gasteiger partial charge in [0.15, 0.2) is 0 Å². The Hall–Kier alpha value is -1.57. The van der Waals surface area contributed by atoms with E-state index in [9.17, 15) is 23.7 Å². The molecule has 0 aliphatic heterocycles. The highest BCUT2D eigenvalue weighted by Crippen LogP contribution is 2.24. The van der Waals surface area contributed by atoms with Gasteiger partial charge in [0, 0.05) is 10.9 Å². The molecule has 0 aliphatic rings. The van der Waals surface area contributed by atoms with Gasteiger partial charge in [0.05, 0.1) is 16.6 Å². The van der Waals surface area contributed by atoms with E-state index in [1.807, 2.05) is 13.8 Å². The van der Waals surface area contributed by atoms with E-state index in [-0.39, 0.29) is 0 Å². The molecule has 0 saturated heterocycles. The van der Waals surface area contributed by atoms with Crippen molar-refractivity contribution < 1.29 is 18.5 Å². The lowest BCUT2D eigenvalue weighted by molar-refractivity contribution is -0.387. The van der Waals surface area contributed by atoms with Crippen LogP contribution in [0, 0.1) is 21.7 Å². The third-order valence-corrected chi connectivity index (χ3v) is 4.52. The molecular formula is C13H15BrF2N2O3. The Bertz CT molecular complexity index is 554. The molecule has 1 rings (SSSR count). The Morgan fingerprint density at radius 1 is 1.38 bits per heavy atom. The molecule has 1 N–H and O–H groups in total. The molecule has 0 heterocycles. The summed E-state index contributed by atoms with van der Waals surface area (Å²) in [6.07, 6.45) is 1.14. The van der Waals surface area contributed by atoms with E-state index >= 15 is 0 Å².